The number of carbonyl (C=O) groups is 1. The lowest BCUT2D eigenvalue weighted by molar-refractivity contribution is 0.0871. The van der Waals surface area contributed by atoms with Crippen molar-refractivity contribution in [1.82, 2.24) is 25.5 Å². The van der Waals surface area contributed by atoms with Gasteiger partial charge in [-0.2, -0.15) is 5.10 Å². The topological polar surface area (TPSA) is 131 Å². The largest absolute Gasteiger partial charge is 0.395 e. The molecule has 154 valence electrons. The van der Waals surface area contributed by atoms with Crippen molar-refractivity contribution in [3.8, 4) is 10.6 Å². The lowest BCUT2D eigenvalue weighted by Gasteiger charge is -2.18. The van der Waals surface area contributed by atoms with Crippen LogP contribution in [0.3, 0.4) is 0 Å². The molecule has 4 heterocycles. The molecule has 1 fully saturated rings. The van der Waals surface area contributed by atoms with Gasteiger partial charge in [0, 0.05) is 42.8 Å². The molecule has 1 aliphatic heterocycles. The van der Waals surface area contributed by atoms with Gasteiger partial charge in [-0.25, -0.2) is 4.98 Å². The van der Waals surface area contributed by atoms with Crippen LogP contribution in [0.5, 0.6) is 0 Å². The predicted octanol–water partition coefficient (Wildman–Crippen LogP) is 2.24. The normalized spacial score (nSPS) is 15.9. The molecule has 0 radical (unpaired) electrons. The first kappa shape index (κ1) is 19.9. The van der Waals surface area contributed by atoms with Gasteiger partial charge in [0.25, 0.3) is 5.91 Å². The van der Waals surface area contributed by atoms with Gasteiger partial charge in [-0.15, -0.1) is 11.3 Å². The highest BCUT2D eigenvalue weighted by Crippen LogP contribution is 2.22. The van der Waals surface area contributed by atoms with Crippen molar-refractivity contribution < 1.29 is 9.53 Å². The third kappa shape index (κ3) is 4.78. The van der Waals surface area contributed by atoms with Crippen LogP contribution in [0.4, 0.5) is 0 Å². The molecule has 0 saturated carbocycles. The Morgan fingerprint density at radius 1 is 1.33 bits per heavy atom. The molecular weight excluding hydrogens is 402 g/mol. The summed E-state index contributed by atoms with van der Waals surface area (Å²) in [7, 11) is 0. The first-order valence-corrected chi connectivity index (χ1v) is 10.4. The van der Waals surface area contributed by atoms with Gasteiger partial charge < -0.3 is 15.8 Å². The molecule has 30 heavy (non-hydrogen) atoms. The summed E-state index contributed by atoms with van der Waals surface area (Å²) >= 11 is 1.36. The van der Waals surface area contributed by atoms with Gasteiger partial charge in [0.2, 0.25) is 0 Å². The highest BCUT2D eigenvalue weighted by molar-refractivity contribution is 7.13. The minimum atomic E-state index is -0.367. The molecule has 3 aromatic rings. The zero-order valence-corrected chi connectivity index (χ0v) is 16.9. The summed E-state index contributed by atoms with van der Waals surface area (Å²) in [6.07, 6.45) is 8.32. The molecule has 1 saturated heterocycles. The average Bonchev–Trinajstić information content (AvgIpc) is 3.49. The molecule has 1 aliphatic rings. The predicted molar refractivity (Wildman–Crippen MR) is 115 cm³/mol. The molecule has 4 N–H and O–H groups in total. The lowest BCUT2D eigenvalue weighted by atomic mass is 10.1. The molecule has 3 aromatic heterocycles. The number of aliphatic imine (C=N–C) groups is 1. The highest BCUT2D eigenvalue weighted by atomic mass is 32.1. The number of carbonyl (C=O) groups excluding carboxylic acids is 1. The first-order valence-electron chi connectivity index (χ1n) is 9.49. The van der Waals surface area contributed by atoms with Crippen molar-refractivity contribution in [3.63, 3.8) is 0 Å². The maximum absolute atomic E-state index is 12.8. The monoisotopic (exact) mass is 423 g/mol. The van der Waals surface area contributed by atoms with Crippen LogP contribution < -0.4 is 11.1 Å². The van der Waals surface area contributed by atoms with Crippen LogP contribution in [-0.2, 0) is 4.74 Å². The molecule has 0 atom stereocenters. The van der Waals surface area contributed by atoms with Crippen molar-refractivity contribution in [2.24, 2.45) is 10.7 Å². The second-order valence-electron chi connectivity index (χ2n) is 6.64. The highest BCUT2D eigenvalue weighted by Gasteiger charge is 2.17. The van der Waals surface area contributed by atoms with E-state index < -0.39 is 0 Å². The number of ether oxygens (including phenoxy) is 1. The van der Waals surface area contributed by atoms with Gasteiger partial charge in [0.15, 0.2) is 0 Å². The van der Waals surface area contributed by atoms with Crippen LogP contribution in [0.1, 0.15) is 29.0 Å². The molecule has 10 heteroatoms. The van der Waals surface area contributed by atoms with Crippen LogP contribution in [-0.4, -0.2) is 51.5 Å². The number of hydrogen-bond acceptors (Lipinski definition) is 8. The fourth-order valence-corrected chi connectivity index (χ4v) is 3.69. The van der Waals surface area contributed by atoms with Crippen molar-refractivity contribution in [2.75, 3.05) is 13.2 Å². The molecule has 1 amide bonds. The van der Waals surface area contributed by atoms with Crippen LogP contribution in [0.25, 0.3) is 16.3 Å². The maximum Gasteiger partial charge on any atom is 0.275 e. The number of pyridine rings is 1. The Balaban J connectivity index is 1.57. The number of amides is 1. The van der Waals surface area contributed by atoms with Crippen molar-refractivity contribution in [2.45, 2.75) is 18.9 Å². The van der Waals surface area contributed by atoms with Gasteiger partial charge >= 0.3 is 0 Å². The standard InChI is InChI=1S/C20H21N7O2S/c21-18(15-3-1-2-6-22-15)16(11-23-14-4-7-29-8-5-14)26-19(28)17-12-30-20(27-17)13-9-24-25-10-13/h1-3,6,9-12,14H,4-5,7-8,21H2,(H,24,25)(H,26,28). The van der Waals surface area contributed by atoms with Gasteiger partial charge in [-0.1, -0.05) is 6.07 Å². The zero-order chi connectivity index (χ0) is 20.8. The molecule has 0 aromatic carbocycles. The van der Waals surface area contributed by atoms with E-state index in [4.69, 9.17) is 10.5 Å². The van der Waals surface area contributed by atoms with E-state index >= 15 is 0 Å². The van der Waals surface area contributed by atoms with E-state index in [0.717, 1.165) is 18.4 Å². The number of aromatic nitrogens is 4. The second-order valence-corrected chi connectivity index (χ2v) is 7.50. The van der Waals surface area contributed by atoms with Crippen molar-refractivity contribution in [3.05, 3.63) is 59.3 Å². The van der Waals surface area contributed by atoms with E-state index in [0.29, 0.717) is 41.0 Å². The van der Waals surface area contributed by atoms with E-state index in [1.807, 2.05) is 6.07 Å². The minimum Gasteiger partial charge on any atom is -0.395 e. The number of hydrogen-bond donors (Lipinski definition) is 3. The summed E-state index contributed by atoms with van der Waals surface area (Å²) in [6.45, 7) is 1.36. The van der Waals surface area contributed by atoms with Gasteiger partial charge in [0.05, 0.1) is 29.3 Å². The van der Waals surface area contributed by atoms with E-state index in [1.54, 1.807) is 42.3 Å². The number of nitrogens with one attached hydrogen (secondary N) is 2. The molecule has 0 unspecified atom stereocenters. The van der Waals surface area contributed by atoms with Crippen LogP contribution in [0, 0.1) is 0 Å². The number of nitrogens with zero attached hydrogens (tertiary/aromatic N) is 4. The first-order chi connectivity index (χ1) is 14.7. The third-order valence-electron chi connectivity index (χ3n) is 4.57. The molecule has 0 aliphatic carbocycles. The quantitative estimate of drug-likeness (QED) is 0.521. The zero-order valence-electron chi connectivity index (χ0n) is 16.1. The summed E-state index contributed by atoms with van der Waals surface area (Å²) in [6, 6.07) is 5.55. The Kier molecular flexibility index (Phi) is 6.26. The van der Waals surface area contributed by atoms with E-state index in [-0.39, 0.29) is 11.9 Å². The fraction of sp³-hybridized carbons (Fsp3) is 0.250. The lowest BCUT2D eigenvalue weighted by Crippen LogP contribution is -2.27. The van der Waals surface area contributed by atoms with Crippen LogP contribution in [0.15, 0.2) is 52.9 Å². The summed E-state index contributed by atoms with van der Waals surface area (Å²) in [5.74, 6) is -0.367. The third-order valence-corrected chi connectivity index (χ3v) is 5.46. The maximum atomic E-state index is 12.8. The Bertz CT molecular complexity index is 1040. The SMILES string of the molecule is NC(=C(C=NC1CCOCC1)NC(=O)c1csc(-c2cn[nH]c2)n1)c1ccccn1. The van der Waals surface area contributed by atoms with E-state index in [2.05, 4.69) is 30.5 Å². The summed E-state index contributed by atoms with van der Waals surface area (Å²) in [5.41, 5.74) is 8.73. The number of allylic oxidation sites excluding steroid dienone is 1. The van der Waals surface area contributed by atoms with E-state index in [9.17, 15) is 4.79 Å². The second kappa shape index (κ2) is 9.42. The van der Waals surface area contributed by atoms with E-state index in [1.165, 1.54) is 11.3 Å². The number of rotatable bonds is 6. The molecule has 0 spiro atoms. The van der Waals surface area contributed by atoms with Crippen LogP contribution in [0.2, 0.25) is 0 Å². The summed E-state index contributed by atoms with van der Waals surface area (Å²) in [4.78, 5) is 26.1. The number of thiazole rings is 1. The number of aromatic amines is 1. The van der Waals surface area contributed by atoms with Gasteiger partial charge in [-0.05, 0) is 25.0 Å². The average molecular weight is 424 g/mol. The summed E-state index contributed by atoms with van der Waals surface area (Å²) in [5, 5.41) is 11.9. The molecule has 4 rings (SSSR count). The van der Waals surface area contributed by atoms with Crippen LogP contribution >= 0.6 is 11.3 Å². The van der Waals surface area contributed by atoms with Crippen molar-refractivity contribution >= 4 is 29.2 Å². The molecular formula is C20H21N7O2S. The molecule has 9 nitrogen and oxygen atoms in total. The molecule has 0 bridgehead atoms. The minimum absolute atomic E-state index is 0.133. The Morgan fingerprint density at radius 2 is 2.20 bits per heavy atom. The smallest absolute Gasteiger partial charge is 0.275 e. The Labute approximate surface area is 177 Å². The Hall–Kier alpha value is -3.37. The number of H-pyrrole nitrogens is 1. The van der Waals surface area contributed by atoms with Gasteiger partial charge in [-0.3, -0.25) is 19.9 Å². The fourth-order valence-electron chi connectivity index (χ4n) is 2.91. The van der Waals surface area contributed by atoms with Gasteiger partial charge in [0.1, 0.15) is 10.7 Å². The number of nitrogens with two attached hydrogens (primary N) is 1. The summed E-state index contributed by atoms with van der Waals surface area (Å²) < 4.78 is 5.37. The Morgan fingerprint density at radius 3 is 2.93 bits per heavy atom. The van der Waals surface area contributed by atoms with Crippen molar-refractivity contribution in [1.29, 1.82) is 0 Å².